The van der Waals surface area contributed by atoms with Gasteiger partial charge in [0, 0.05) is 12.0 Å². The van der Waals surface area contributed by atoms with Crippen LogP contribution in [0.3, 0.4) is 0 Å². The summed E-state index contributed by atoms with van der Waals surface area (Å²) in [4.78, 5) is 34.3. The zero-order valence-electron chi connectivity index (χ0n) is 11.6. The molecule has 0 spiro atoms. The second kappa shape index (κ2) is 5.38. The molecule has 2 bridgehead atoms. The molecular formula is C13H14N2O6. The minimum atomic E-state index is -0.621. The third-order valence-corrected chi connectivity index (χ3v) is 3.69. The Morgan fingerprint density at radius 3 is 2.33 bits per heavy atom. The molecule has 0 radical (unpaired) electrons. The Morgan fingerprint density at radius 2 is 1.71 bits per heavy atom. The van der Waals surface area contributed by atoms with Crippen LogP contribution in [-0.2, 0) is 25.7 Å². The van der Waals surface area contributed by atoms with E-state index in [1.165, 1.54) is 14.2 Å². The Bertz CT molecular complexity index is 595. The Kier molecular flexibility index (Phi) is 3.56. The molecule has 21 heavy (non-hydrogen) atoms. The largest absolute Gasteiger partial charge is 0.464 e. The van der Waals surface area contributed by atoms with Crippen molar-refractivity contribution >= 4 is 11.9 Å². The number of methoxy groups -OCH3 is 2. The van der Waals surface area contributed by atoms with Crippen molar-refractivity contribution in [2.45, 2.75) is 31.5 Å². The lowest BCUT2D eigenvalue weighted by molar-refractivity contribution is -0.372. The smallest absolute Gasteiger partial charge is 0.358 e. The molecule has 0 N–H and O–H groups in total. The van der Waals surface area contributed by atoms with E-state index < -0.39 is 18.0 Å². The third-order valence-electron chi connectivity index (χ3n) is 3.69. The first-order valence-corrected chi connectivity index (χ1v) is 6.54. The molecule has 2 unspecified atom stereocenters. The summed E-state index contributed by atoms with van der Waals surface area (Å²) in [5, 5.41) is 7.66. The molecule has 8 heteroatoms. The first kappa shape index (κ1) is 13.9. The number of esters is 2. The maximum atomic E-state index is 11.9. The van der Waals surface area contributed by atoms with Crippen LogP contribution in [0.5, 0.6) is 0 Å². The van der Waals surface area contributed by atoms with Crippen LogP contribution in [0.1, 0.15) is 51.0 Å². The van der Waals surface area contributed by atoms with E-state index in [2.05, 4.69) is 10.2 Å². The van der Waals surface area contributed by atoms with Crippen molar-refractivity contribution < 1.29 is 28.8 Å². The van der Waals surface area contributed by atoms with Gasteiger partial charge in [0.15, 0.2) is 11.4 Å². The van der Waals surface area contributed by atoms with Gasteiger partial charge in [0.05, 0.1) is 20.3 Å². The van der Waals surface area contributed by atoms with Crippen LogP contribution in [0.4, 0.5) is 0 Å². The predicted molar refractivity (Wildman–Crippen MR) is 66.3 cm³/mol. The SMILES string of the molecule is COC(=O)c1nnc(C(=O)OC)c2c1CC1CCC2OO1. The van der Waals surface area contributed by atoms with E-state index in [0.717, 1.165) is 6.42 Å². The van der Waals surface area contributed by atoms with Crippen LogP contribution < -0.4 is 0 Å². The molecule has 1 aromatic heterocycles. The lowest BCUT2D eigenvalue weighted by Gasteiger charge is -2.23. The fourth-order valence-corrected chi connectivity index (χ4v) is 2.68. The summed E-state index contributed by atoms with van der Waals surface area (Å²) in [6.45, 7) is 0. The first-order chi connectivity index (χ1) is 10.2. The standard InChI is InChI=1S/C13H14N2O6/c1-18-12(16)10-7-5-6-3-4-8(21-20-6)9(7)11(15-14-10)13(17)19-2/h6,8H,3-5H2,1-2H3. The Hall–Kier alpha value is -2.06. The van der Waals surface area contributed by atoms with Crippen molar-refractivity contribution in [3.05, 3.63) is 22.5 Å². The lowest BCUT2D eigenvalue weighted by Crippen LogP contribution is -2.21. The summed E-state index contributed by atoms with van der Waals surface area (Å²) in [6.07, 6.45) is 1.21. The van der Waals surface area contributed by atoms with E-state index in [0.29, 0.717) is 24.0 Å². The van der Waals surface area contributed by atoms with Crippen molar-refractivity contribution in [1.29, 1.82) is 0 Å². The van der Waals surface area contributed by atoms with Crippen molar-refractivity contribution in [3.8, 4) is 0 Å². The molecule has 2 atom stereocenters. The molecular weight excluding hydrogens is 280 g/mol. The van der Waals surface area contributed by atoms with E-state index in [1.54, 1.807) is 0 Å². The van der Waals surface area contributed by atoms with E-state index in [9.17, 15) is 9.59 Å². The van der Waals surface area contributed by atoms with Gasteiger partial charge in [-0.25, -0.2) is 19.4 Å². The molecule has 8 nitrogen and oxygen atoms in total. The van der Waals surface area contributed by atoms with Crippen LogP contribution in [0.15, 0.2) is 0 Å². The number of carbonyl (C=O) groups is 2. The molecule has 4 rings (SSSR count). The van der Waals surface area contributed by atoms with Crippen molar-refractivity contribution in [3.63, 3.8) is 0 Å². The van der Waals surface area contributed by atoms with Crippen molar-refractivity contribution in [2.24, 2.45) is 0 Å². The third kappa shape index (κ3) is 2.26. The molecule has 0 saturated carbocycles. The van der Waals surface area contributed by atoms with Crippen LogP contribution in [0.2, 0.25) is 0 Å². The maximum absolute atomic E-state index is 11.9. The van der Waals surface area contributed by atoms with Gasteiger partial charge in [0.1, 0.15) is 6.10 Å². The van der Waals surface area contributed by atoms with E-state index >= 15 is 0 Å². The highest BCUT2D eigenvalue weighted by Crippen LogP contribution is 2.39. The summed E-state index contributed by atoms with van der Waals surface area (Å²) >= 11 is 0. The van der Waals surface area contributed by atoms with Gasteiger partial charge in [0.2, 0.25) is 0 Å². The summed E-state index contributed by atoms with van der Waals surface area (Å²) < 4.78 is 9.44. The number of hydrogen-bond acceptors (Lipinski definition) is 8. The molecule has 2 aliphatic heterocycles. The minimum absolute atomic E-state index is 0.0521. The molecule has 3 aliphatic rings. The number of rotatable bonds is 2. The number of fused-ring (bicyclic) bond motifs is 2. The molecule has 0 amide bonds. The second-order valence-electron chi connectivity index (χ2n) is 4.86. The fraction of sp³-hybridized carbons (Fsp3) is 0.538. The van der Waals surface area contributed by atoms with E-state index in [4.69, 9.17) is 19.2 Å². The average Bonchev–Trinajstić information content (AvgIpc) is 2.82. The number of carbonyl (C=O) groups excluding carboxylic acids is 2. The molecule has 1 aromatic rings. The number of aromatic nitrogens is 2. The minimum Gasteiger partial charge on any atom is -0.464 e. The summed E-state index contributed by atoms with van der Waals surface area (Å²) in [7, 11) is 2.53. The van der Waals surface area contributed by atoms with Gasteiger partial charge in [0.25, 0.3) is 0 Å². The number of ether oxygens (including phenoxy) is 2. The first-order valence-electron chi connectivity index (χ1n) is 6.54. The van der Waals surface area contributed by atoms with Gasteiger partial charge in [-0.15, -0.1) is 10.2 Å². The van der Waals surface area contributed by atoms with Gasteiger partial charge in [-0.1, -0.05) is 0 Å². The maximum Gasteiger partial charge on any atom is 0.358 e. The quantitative estimate of drug-likeness (QED) is 0.582. The molecule has 1 fully saturated rings. The monoisotopic (exact) mass is 294 g/mol. The topological polar surface area (TPSA) is 96.8 Å². The van der Waals surface area contributed by atoms with E-state index in [1.807, 2.05) is 0 Å². The number of nitrogens with zero attached hydrogens (tertiary/aromatic N) is 2. The highest BCUT2D eigenvalue weighted by molar-refractivity contribution is 5.93. The predicted octanol–water partition coefficient (Wildman–Crippen LogP) is 0.758. The summed E-state index contributed by atoms with van der Waals surface area (Å²) in [5.41, 5.74) is 1.24. The molecule has 3 heterocycles. The number of hydrogen-bond donors (Lipinski definition) is 0. The average molecular weight is 294 g/mol. The van der Waals surface area contributed by atoms with Gasteiger partial charge in [-0.2, -0.15) is 0 Å². The molecule has 1 saturated heterocycles. The van der Waals surface area contributed by atoms with Crippen molar-refractivity contribution in [2.75, 3.05) is 14.2 Å². The van der Waals surface area contributed by atoms with Gasteiger partial charge < -0.3 is 9.47 Å². The Morgan fingerprint density at radius 1 is 1.05 bits per heavy atom. The van der Waals surface area contributed by atoms with Gasteiger partial charge >= 0.3 is 11.9 Å². The van der Waals surface area contributed by atoms with Crippen LogP contribution in [-0.4, -0.2) is 42.5 Å². The molecule has 112 valence electrons. The highest BCUT2D eigenvalue weighted by Gasteiger charge is 2.39. The van der Waals surface area contributed by atoms with Crippen LogP contribution >= 0.6 is 0 Å². The van der Waals surface area contributed by atoms with E-state index in [-0.39, 0.29) is 17.5 Å². The fourth-order valence-electron chi connectivity index (χ4n) is 2.68. The van der Waals surface area contributed by atoms with Crippen LogP contribution in [0.25, 0.3) is 0 Å². The zero-order chi connectivity index (χ0) is 15.0. The molecule has 1 aliphatic carbocycles. The Balaban J connectivity index is 2.20. The Labute approximate surface area is 120 Å². The van der Waals surface area contributed by atoms with Crippen molar-refractivity contribution in [1.82, 2.24) is 10.2 Å². The van der Waals surface area contributed by atoms with Gasteiger partial charge in [-0.05, 0) is 18.4 Å². The zero-order valence-corrected chi connectivity index (χ0v) is 11.6. The highest BCUT2D eigenvalue weighted by atomic mass is 17.2. The van der Waals surface area contributed by atoms with Gasteiger partial charge in [-0.3, -0.25) is 0 Å². The van der Waals surface area contributed by atoms with Crippen LogP contribution in [0, 0.1) is 0 Å². The second-order valence-corrected chi connectivity index (χ2v) is 4.86. The summed E-state index contributed by atoms with van der Waals surface area (Å²) in [5.74, 6) is -1.22. The normalized spacial score (nSPS) is 23.1. The lowest BCUT2D eigenvalue weighted by atomic mass is 9.98. The molecule has 0 aromatic carbocycles. The summed E-state index contributed by atoms with van der Waals surface area (Å²) in [6, 6.07) is 0.